The molecular formula is C20H30N2O4. The molecule has 0 saturated carbocycles. The number of hydrogen-bond acceptors (Lipinski definition) is 5. The molecule has 6 heteroatoms. The molecule has 1 aromatic rings. The fraction of sp³-hybridized carbons (Fsp3) is 0.650. The Kier molecular flexibility index (Phi) is 6.74. The largest absolute Gasteiger partial charge is 0.493 e. The Labute approximate surface area is 155 Å². The van der Waals surface area contributed by atoms with E-state index in [2.05, 4.69) is 10.2 Å². The van der Waals surface area contributed by atoms with Crippen LogP contribution in [-0.4, -0.2) is 63.4 Å². The summed E-state index contributed by atoms with van der Waals surface area (Å²) in [7, 11) is 3.24. The van der Waals surface area contributed by atoms with Crippen LogP contribution in [0.25, 0.3) is 0 Å². The van der Waals surface area contributed by atoms with E-state index in [4.69, 9.17) is 14.2 Å². The highest BCUT2D eigenvalue weighted by Gasteiger charge is 2.34. The monoisotopic (exact) mass is 362 g/mol. The molecule has 0 radical (unpaired) electrons. The number of nitrogens with zero attached hydrogens (tertiary/aromatic N) is 1. The molecule has 0 aromatic heterocycles. The summed E-state index contributed by atoms with van der Waals surface area (Å²) in [6, 6.07) is 6.21. The van der Waals surface area contributed by atoms with E-state index in [-0.39, 0.29) is 11.9 Å². The van der Waals surface area contributed by atoms with Gasteiger partial charge in [-0.3, -0.25) is 9.69 Å². The third-order valence-corrected chi connectivity index (χ3v) is 5.35. The van der Waals surface area contributed by atoms with Crippen LogP contribution < -0.4 is 14.8 Å². The Bertz CT molecular complexity index is 601. The van der Waals surface area contributed by atoms with Crippen LogP contribution in [0, 0.1) is 0 Å². The van der Waals surface area contributed by atoms with Gasteiger partial charge in [0.2, 0.25) is 5.91 Å². The molecule has 1 N–H and O–H groups in total. The van der Waals surface area contributed by atoms with Crippen molar-refractivity contribution in [2.75, 3.05) is 40.5 Å². The van der Waals surface area contributed by atoms with E-state index in [9.17, 15) is 4.79 Å². The lowest BCUT2D eigenvalue weighted by molar-refractivity contribution is -0.122. The Morgan fingerprint density at radius 2 is 1.92 bits per heavy atom. The number of hydrogen-bond donors (Lipinski definition) is 1. The summed E-state index contributed by atoms with van der Waals surface area (Å²) >= 11 is 0. The highest BCUT2D eigenvalue weighted by Crippen LogP contribution is 2.28. The highest BCUT2D eigenvalue weighted by atomic mass is 16.5. The molecule has 26 heavy (non-hydrogen) atoms. The van der Waals surface area contributed by atoms with Gasteiger partial charge in [0.25, 0.3) is 0 Å². The first-order valence-corrected chi connectivity index (χ1v) is 9.53. The highest BCUT2D eigenvalue weighted by molar-refractivity contribution is 5.76. The number of amides is 1. The number of piperidine rings is 1. The van der Waals surface area contributed by atoms with E-state index in [0.29, 0.717) is 37.0 Å². The van der Waals surface area contributed by atoms with Gasteiger partial charge in [0.05, 0.1) is 39.5 Å². The van der Waals surface area contributed by atoms with Gasteiger partial charge in [0.1, 0.15) is 0 Å². The van der Waals surface area contributed by atoms with Crippen LogP contribution in [0.4, 0.5) is 0 Å². The van der Waals surface area contributed by atoms with Crippen LogP contribution in [0.1, 0.15) is 31.2 Å². The Morgan fingerprint density at radius 3 is 2.65 bits per heavy atom. The van der Waals surface area contributed by atoms with Crippen LogP contribution in [0.5, 0.6) is 11.5 Å². The molecule has 0 bridgehead atoms. The van der Waals surface area contributed by atoms with Crippen molar-refractivity contribution in [3.8, 4) is 11.5 Å². The van der Waals surface area contributed by atoms with Crippen LogP contribution in [0.3, 0.4) is 0 Å². The zero-order valence-corrected chi connectivity index (χ0v) is 15.8. The van der Waals surface area contributed by atoms with Gasteiger partial charge in [0.15, 0.2) is 11.5 Å². The molecule has 0 spiro atoms. The van der Waals surface area contributed by atoms with Crippen molar-refractivity contribution in [3.63, 3.8) is 0 Å². The maximum absolute atomic E-state index is 12.4. The second-order valence-electron chi connectivity index (χ2n) is 7.06. The number of ether oxygens (including phenoxy) is 3. The quantitative estimate of drug-likeness (QED) is 0.804. The second kappa shape index (κ2) is 9.24. The zero-order valence-electron chi connectivity index (χ0n) is 15.8. The van der Waals surface area contributed by atoms with E-state index in [1.54, 1.807) is 14.2 Å². The Hall–Kier alpha value is -1.79. The van der Waals surface area contributed by atoms with Crippen LogP contribution in [0.15, 0.2) is 18.2 Å². The number of rotatable bonds is 7. The smallest absolute Gasteiger partial charge is 0.220 e. The molecule has 0 aliphatic carbocycles. The molecule has 144 valence electrons. The van der Waals surface area contributed by atoms with E-state index in [1.807, 2.05) is 18.2 Å². The maximum Gasteiger partial charge on any atom is 0.220 e. The van der Waals surface area contributed by atoms with Gasteiger partial charge >= 0.3 is 0 Å². The summed E-state index contributed by atoms with van der Waals surface area (Å²) in [5.74, 6) is 1.48. The Morgan fingerprint density at radius 1 is 1.15 bits per heavy atom. The summed E-state index contributed by atoms with van der Waals surface area (Å²) in [6.45, 7) is 3.57. The fourth-order valence-electron chi connectivity index (χ4n) is 3.86. The topological polar surface area (TPSA) is 60.0 Å². The molecule has 2 aliphatic heterocycles. The number of likely N-dealkylation sites (tertiary alicyclic amines) is 1. The lowest BCUT2D eigenvalue weighted by Gasteiger charge is -2.34. The predicted octanol–water partition coefficient (Wildman–Crippen LogP) is 2.01. The Balaban J connectivity index is 1.50. The standard InChI is InChI=1S/C20H30N2O4/c1-24-18-8-6-15(12-19(18)25-2)7-9-20(23)21-16-13-26-14-17(16)22-10-4-3-5-11-22/h6,8,12,16-17H,3-5,7,9-11,13-14H2,1-2H3,(H,21,23)/t16-,17-/m1/s1. The van der Waals surface area contributed by atoms with E-state index < -0.39 is 0 Å². The molecule has 2 atom stereocenters. The molecule has 2 heterocycles. The fourth-order valence-corrected chi connectivity index (χ4v) is 3.86. The summed E-state index contributed by atoms with van der Waals surface area (Å²) in [6.07, 6.45) is 4.94. The molecule has 6 nitrogen and oxygen atoms in total. The maximum atomic E-state index is 12.4. The zero-order chi connectivity index (χ0) is 18.4. The average Bonchev–Trinajstić information content (AvgIpc) is 3.14. The molecular weight excluding hydrogens is 332 g/mol. The van der Waals surface area contributed by atoms with Crippen molar-refractivity contribution < 1.29 is 19.0 Å². The number of aryl methyl sites for hydroxylation is 1. The van der Waals surface area contributed by atoms with Gasteiger partial charge in [0, 0.05) is 6.42 Å². The van der Waals surface area contributed by atoms with Crippen molar-refractivity contribution in [2.45, 2.75) is 44.2 Å². The van der Waals surface area contributed by atoms with Gasteiger partial charge in [-0.2, -0.15) is 0 Å². The first-order chi connectivity index (χ1) is 12.7. The third kappa shape index (κ3) is 4.68. The molecule has 2 aliphatic rings. The van der Waals surface area contributed by atoms with Crippen molar-refractivity contribution in [1.82, 2.24) is 10.2 Å². The molecule has 0 unspecified atom stereocenters. The normalized spacial score (nSPS) is 23.6. The van der Waals surface area contributed by atoms with E-state index in [0.717, 1.165) is 25.3 Å². The van der Waals surface area contributed by atoms with Crippen molar-refractivity contribution >= 4 is 5.91 Å². The van der Waals surface area contributed by atoms with Gasteiger partial charge in [-0.15, -0.1) is 0 Å². The first-order valence-electron chi connectivity index (χ1n) is 9.53. The number of carbonyl (C=O) groups excluding carboxylic acids is 1. The molecule has 1 amide bonds. The third-order valence-electron chi connectivity index (χ3n) is 5.35. The van der Waals surface area contributed by atoms with E-state index >= 15 is 0 Å². The SMILES string of the molecule is COc1ccc(CCC(=O)N[C@@H]2COC[C@H]2N2CCCCC2)cc1OC. The first kappa shape index (κ1) is 19.0. The van der Waals surface area contributed by atoms with Crippen molar-refractivity contribution in [2.24, 2.45) is 0 Å². The summed E-state index contributed by atoms with van der Waals surface area (Å²) in [5, 5.41) is 3.19. The minimum atomic E-state index is 0.0808. The van der Waals surface area contributed by atoms with Crippen LogP contribution in [-0.2, 0) is 16.0 Å². The van der Waals surface area contributed by atoms with Gasteiger partial charge < -0.3 is 19.5 Å². The van der Waals surface area contributed by atoms with Crippen LogP contribution >= 0.6 is 0 Å². The summed E-state index contributed by atoms with van der Waals surface area (Å²) in [5.41, 5.74) is 1.06. The minimum Gasteiger partial charge on any atom is -0.493 e. The lowest BCUT2D eigenvalue weighted by Crippen LogP contribution is -2.52. The summed E-state index contributed by atoms with van der Waals surface area (Å²) in [4.78, 5) is 14.9. The average molecular weight is 362 g/mol. The lowest BCUT2D eigenvalue weighted by atomic mass is 10.0. The van der Waals surface area contributed by atoms with Crippen molar-refractivity contribution in [3.05, 3.63) is 23.8 Å². The molecule has 2 fully saturated rings. The van der Waals surface area contributed by atoms with Gasteiger partial charge in [-0.05, 0) is 50.0 Å². The molecule has 3 rings (SSSR count). The van der Waals surface area contributed by atoms with E-state index in [1.165, 1.54) is 19.3 Å². The number of methoxy groups -OCH3 is 2. The van der Waals surface area contributed by atoms with Gasteiger partial charge in [-0.25, -0.2) is 0 Å². The molecule has 2 saturated heterocycles. The number of benzene rings is 1. The van der Waals surface area contributed by atoms with Crippen LogP contribution in [0.2, 0.25) is 0 Å². The molecule has 1 aromatic carbocycles. The summed E-state index contributed by atoms with van der Waals surface area (Å²) < 4.78 is 16.2. The second-order valence-corrected chi connectivity index (χ2v) is 7.06. The number of carbonyl (C=O) groups is 1. The predicted molar refractivity (Wildman–Crippen MR) is 99.8 cm³/mol. The van der Waals surface area contributed by atoms with Crippen molar-refractivity contribution in [1.29, 1.82) is 0 Å². The minimum absolute atomic E-state index is 0.0808. The van der Waals surface area contributed by atoms with Gasteiger partial charge in [-0.1, -0.05) is 12.5 Å². The number of nitrogens with one attached hydrogen (secondary N) is 1.